The minimum absolute atomic E-state index is 0.428. The minimum atomic E-state index is 0.428. The van der Waals surface area contributed by atoms with E-state index < -0.39 is 0 Å². The second kappa shape index (κ2) is 8.68. The summed E-state index contributed by atoms with van der Waals surface area (Å²) < 4.78 is 6.08. The molecule has 1 aliphatic rings. The molecule has 25 heavy (non-hydrogen) atoms. The van der Waals surface area contributed by atoms with Crippen molar-refractivity contribution in [1.29, 1.82) is 0 Å². The standard InChI is InChI=1S/C22H32N2O/c1-4-25-21-12-10-18-7-5-6-8-19(18)22(21)20(11-9-17(2)3)24-15-13-23-14-16-24/h5-8,10,12,17,20,23H,4,9,11,13-16H2,1-3H3/t20-/m0/s1. The van der Waals surface area contributed by atoms with Crippen molar-refractivity contribution in [3.63, 3.8) is 0 Å². The second-order valence-corrected chi connectivity index (χ2v) is 7.40. The van der Waals surface area contributed by atoms with Gasteiger partial charge in [-0.15, -0.1) is 0 Å². The second-order valence-electron chi connectivity index (χ2n) is 7.40. The van der Waals surface area contributed by atoms with Crippen LogP contribution < -0.4 is 10.1 Å². The van der Waals surface area contributed by atoms with Crippen LogP contribution in [0.25, 0.3) is 10.8 Å². The summed E-state index contributed by atoms with van der Waals surface area (Å²) in [6, 6.07) is 13.5. The molecule has 1 saturated heterocycles. The maximum Gasteiger partial charge on any atom is 0.124 e. The fraction of sp³-hybridized carbons (Fsp3) is 0.545. The molecule has 3 nitrogen and oxygen atoms in total. The minimum Gasteiger partial charge on any atom is -0.494 e. The van der Waals surface area contributed by atoms with Crippen LogP contribution >= 0.6 is 0 Å². The van der Waals surface area contributed by atoms with Crippen molar-refractivity contribution in [1.82, 2.24) is 10.2 Å². The Morgan fingerprint density at radius 1 is 1.04 bits per heavy atom. The molecule has 2 aromatic rings. The van der Waals surface area contributed by atoms with Gasteiger partial charge in [-0.05, 0) is 42.5 Å². The number of nitrogens with one attached hydrogen (secondary N) is 1. The predicted octanol–water partition coefficient (Wildman–Crippen LogP) is 4.62. The number of hydrogen-bond donors (Lipinski definition) is 1. The molecular weight excluding hydrogens is 308 g/mol. The normalized spacial score (nSPS) is 17.1. The van der Waals surface area contributed by atoms with Crippen LogP contribution in [0.15, 0.2) is 36.4 Å². The van der Waals surface area contributed by atoms with Gasteiger partial charge in [-0.3, -0.25) is 4.90 Å². The topological polar surface area (TPSA) is 24.5 Å². The molecule has 0 unspecified atom stereocenters. The lowest BCUT2D eigenvalue weighted by Gasteiger charge is -2.37. The van der Waals surface area contributed by atoms with Crippen molar-refractivity contribution < 1.29 is 4.74 Å². The van der Waals surface area contributed by atoms with Gasteiger partial charge in [0, 0.05) is 37.8 Å². The summed E-state index contributed by atoms with van der Waals surface area (Å²) in [6.07, 6.45) is 2.43. The van der Waals surface area contributed by atoms with E-state index in [1.165, 1.54) is 29.2 Å². The molecule has 1 aliphatic heterocycles. The quantitative estimate of drug-likeness (QED) is 0.796. The lowest BCUT2D eigenvalue weighted by Crippen LogP contribution is -2.45. The highest BCUT2D eigenvalue weighted by Crippen LogP contribution is 2.39. The van der Waals surface area contributed by atoms with E-state index in [0.717, 1.165) is 37.8 Å². The smallest absolute Gasteiger partial charge is 0.124 e. The zero-order valence-corrected chi connectivity index (χ0v) is 15.9. The summed E-state index contributed by atoms with van der Waals surface area (Å²) >= 11 is 0. The number of piperazine rings is 1. The van der Waals surface area contributed by atoms with Gasteiger partial charge in [-0.25, -0.2) is 0 Å². The summed E-state index contributed by atoms with van der Waals surface area (Å²) in [4.78, 5) is 2.66. The maximum absolute atomic E-state index is 6.08. The van der Waals surface area contributed by atoms with E-state index in [-0.39, 0.29) is 0 Å². The largest absolute Gasteiger partial charge is 0.494 e. The lowest BCUT2D eigenvalue weighted by atomic mass is 9.91. The van der Waals surface area contributed by atoms with Crippen LogP contribution in [0, 0.1) is 5.92 Å². The van der Waals surface area contributed by atoms with Crippen molar-refractivity contribution in [2.45, 2.75) is 39.7 Å². The summed E-state index contributed by atoms with van der Waals surface area (Å²) in [7, 11) is 0. The molecule has 3 rings (SSSR count). The van der Waals surface area contributed by atoms with Crippen LogP contribution in [0.3, 0.4) is 0 Å². The van der Waals surface area contributed by atoms with Gasteiger partial charge in [0.2, 0.25) is 0 Å². The number of fused-ring (bicyclic) bond motifs is 1. The van der Waals surface area contributed by atoms with Crippen molar-refractivity contribution in [2.75, 3.05) is 32.8 Å². The Bertz CT molecular complexity index is 677. The fourth-order valence-electron chi connectivity index (χ4n) is 3.90. The highest BCUT2D eigenvalue weighted by Gasteiger charge is 2.26. The van der Waals surface area contributed by atoms with Crippen molar-refractivity contribution >= 4 is 10.8 Å². The first kappa shape index (κ1) is 18.2. The molecule has 0 radical (unpaired) electrons. The highest BCUT2D eigenvalue weighted by molar-refractivity contribution is 5.88. The Morgan fingerprint density at radius 2 is 1.80 bits per heavy atom. The Hall–Kier alpha value is -1.58. The van der Waals surface area contributed by atoms with E-state index in [1.54, 1.807) is 0 Å². The van der Waals surface area contributed by atoms with E-state index >= 15 is 0 Å². The van der Waals surface area contributed by atoms with Crippen molar-refractivity contribution in [2.24, 2.45) is 5.92 Å². The van der Waals surface area contributed by atoms with E-state index in [0.29, 0.717) is 12.6 Å². The molecule has 0 saturated carbocycles. The Morgan fingerprint density at radius 3 is 2.52 bits per heavy atom. The summed E-state index contributed by atoms with van der Waals surface area (Å²) in [5, 5.41) is 6.15. The summed E-state index contributed by atoms with van der Waals surface area (Å²) in [5.41, 5.74) is 1.39. The first-order chi connectivity index (χ1) is 12.2. The summed E-state index contributed by atoms with van der Waals surface area (Å²) in [6.45, 7) is 11.8. The van der Waals surface area contributed by atoms with Crippen LogP contribution in [0.4, 0.5) is 0 Å². The third-order valence-electron chi connectivity index (χ3n) is 5.17. The van der Waals surface area contributed by atoms with E-state index in [2.05, 4.69) is 67.4 Å². The molecule has 0 bridgehead atoms. The third-order valence-corrected chi connectivity index (χ3v) is 5.17. The summed E-state index contributed by atoms with van der Waals surface area (Å²) in [5.74, 6) is 1.78. The highest BCUT2D eigenvalue weighted by atomic mass is 16.5. The third kappa shape index (κ3) is 4.34. The van der Waals surface area contributed by atoms with Crippen LogP contribution in [-0.4, -0.2) is 37.7 Å². The van der Waals surface area contributed by atoms with Crippen LogP contribution in [0.2, 0.25) is 0 Å². The molecule has 0 aromatic heterocycles. The van der Waals surface area contributed by atoms with Gasteiger partial charge in [-0.1, -0.05) is 44.2 Å². The number of hydrogen-bond acceptors (Lipinski definition) is 3. The number of rotatable bonds is 7. The van der Waals surface area contributed by atoms with E-state index in [1.807, 2.05) is 0 Å². The van der Waals surface area contributed by atoms with Gasteiger partial charge < -0.3 is 10.1 Å². The molecule has 1 N–H and O–H groups in total. The average Bonchev–Trinajstić information content (AvgIpc) is 2.64. The van der Waals surface area contributed by atoms with Gasteiger partial charge in [0.05, 0.1) is 6.61 Å². The molecule has 1 atom stereocenters. The van der Waals surface area contributed by atoms with Crippen molar-refractivity contribution in [3.8, 4) is 5.75 Å². The van der Waals surface area contributed by atoms with Crippen LogP contribution in [-0.2, 0) is 0 Å². The maximum atomic E-state index is 6.08. The Balaban J connectivity index is 2.06. The number of benzene rings is 2. The fourth-order valence-corrected chi connectivity index (χ4v) is 3.90. The zero-order valence-electron chi connectivity index (χ0n) is 15.9. The zero-order chi connectivity index (χ0) is 17.6. The van der Waals surface area contributed by atoms with Gasteiger partial charge in [0.25, 0.3) is 0 Å². The van der Waals surface area contributed by atoms with Gasteiger partial charge in [0.15, 0.2) is 0 Å². The average molecular weight is 341 g/mol. The van der Waals surface area contributed by atoms with Gasteiger partial charge >= 0.3 is 0 Å². The molecule has 2 aromatic carbocycles. The first-order valence-electron chi connectivity index (χ1n) is 9.80. The Kier molecular flexibility index (Phi) is 6.33. The number of nitrogens with zero attached hydrogens (tertiary/aromatic N) is 1. The van der Waals surface area contributed by atoms with Gasteiger partial charge in [0.1, 0.15) is 5.75 Å². The molecule has 3 heteroatoms. The van der Waals surface area contributed by atoms with Gasteiger partial charge in [-0.2, -0.15) is 0 Å². The monoisotopic (exact) mass is 340 g/mol. The molecule has 0 spiro atoms. The number of ether oxygens (including phenoxy) is 1. The lowest BCUT2D eigenvalue weighted by molar-refractivity contribution is 0.157. The predicted molar refractivity (Wildman–Crippen MR) is 106 cm³/mol. The molecule has 1 fully saturated rings. The van der Waals surface area contributed by atoms with Crippen LogP contribution in [0.1, 0.15) is 45.2 Å². The van der Waals surface area contributed by atoms with Crippen molar-refractivity contribution in [3.05, 3.63) is 42.0 Å². The molecule has 136 valence electrons. The van der Waals surface area contributed by atoms with E-state index in [9.17, 15) is 0 Å². The molecule has 1 heterocycles. The van der Waals surface area contributed by atoms with Crippen LogP contribution in [0.5, 0.6) is 5.75 Å². The molecule has 0 amide bonds. The SMILES string of the molecule is CCOc1ccc2ccccc2c1[C@H](CCC(C)C)N1CCNCC1. The van der Waals surface area contributed by atoms with E-state index in [4.69, 9.17) is 4.74 Å². The molecule has 0 aliphatic carbocycles. The first-order valence-corrected chi connectivity index (χ1v) is 9.80. The molecular formula is C22H32N2O. The Labute approximate surface area is 152 Å².